The second-order valence-electron chi connectivity index (χ2n) is 4.07. The standard InChI is InChI=1S/C10H19NO2/c1-10(2)9(12)5-4-6-11(10)7-8-13-3/h4-8H2,1-3H3. The molecule has 1 saturated heterocycles. The van der Waals surface area contributed by atoms with Gasteiger partial charge in [-0.05, 0) is 26.8 Å². The monoisotopic (exact) mass is 185 g/mol. The zero-order chi connectivity index (χ0) is 9.90. The van der Waals surface area contributed by atoms with Crippen molar-refractivity contribution in [1.82, 2.24) is 4.90 Å². The number of nitrogens with zero attached hydrogens (tertiary/aromatic N) is 1. The van der Waals surface area contributed by atoms with Gasteiger partial charge in [0.2, 0.25) is 0 Å². The fourth-order valence-corrected chi connectivity index (χ4v) is 1.79. The van der Waals surface area contributed by atoms with Crippen LogP contribution in [0.5, 0.6) is 0 Å². The third kappa shape index (κ3) is 2.29. The zero-order valence-corrected chi connectivity index (χ0v) is 8.80. The van der Waals surface area contributed by atoms with Gasteiger partial charge in [0, 0.05) is 20.1 Å². The number of piperidine rings is 1. The molecule has 1 fully saturated rings. The number of carbonyl (C=O) groups is 1. The van der Waals surface area contributed by atoms with E-state index in [0.29, 0.717) is 12.4 Å². The maximum Gasteiger partial charge on any atom is 0.152 e. The molecular weight excluding hydrogens is 166 g/mol. The third-order valence-electron chi connectivity index (χ3n) is 2.87. The van der Waals surface area contributed by atoms with Gasteiger partial charge < -0.3 is 4.74 Å². The van der Waals surface area contributed by atoms with Crippen LogP contribution in [0.4, 0.5) is 0 Å². The number of ketones is 1. The lowest BCUT2D eigenvalue weighted by molar-refractivity contribution is -0.133. The Balaban J connectivity index is 2.55. The van der Waals surface area contributed by atoms with Crippen LogP contribution >= 0.6 is 0 Å². The highest BCUT2D eigenvalue weighted by molar-refractivity contribution is 5.88. The first-order valence-corrected chi connectivity index (χ1v) is 4.86. The molecule has 76 valence electrons. The van der Waals surface area contributed by atoms with Crippen molar-refractivity contribution in [3.8, 4) is 0 Å². The highest BCUT2D eigenvalue weighted by Crippen LogP contribution is 2.23. The molecule has 0 aliphatic carbocycles. The highest BCUT2D eigenvalue weighted by atomic mass is 16.5. The van der Waals surface area contributed by atoms with Crippen molar-refractivity contribution in [1.29, 1.82) is 0 Å². The Hall–Kier alpha value is -0.410. The van der Waals surface area contributed by atoms with Crippen LogP contribution in [-0.4, -0.2) is 43.0 Å². The number of rotatable bonds is 3. The molecule has 13 heavy (non-hydrogen) atoms. The van der Waals surface area contributed by atoms with E-state index in [4.69, 9.17) is 4.74 Å². The average Bonchev–Trinajstić information content (AvgIpc) is 2.08. The number of ether oxygens (including phenoxy) is 1. The van der Waals surface area contributed by atoms with E-state index in [2.05, 4.69) is 4.90 Å². The molecule has 1 aliphatic rings. The molecule has 0 saturated carbocycles. The minimum absolute atomic E-state index is 0.281. The number of carbonyl (C=O) groups excluding carboxylic acids is 1. The van der Waals surface area contributed by atoms with Crippen LogP contribution in [0.2, 0.25) is 0 Å². The number of Topliss-reactive ketones (excluding diaryl/α,β-unsaturated/α-hetero) is 1. The van der Waals surface area contributed by atoms with Gasteiger partial charge >= 0.3 is 0 Å². The van der Waals surface area contributed by atoms with Crippen LogP contribution in [0.3, 0.4) is 0 Å². The number of hydrogen-bond donors (Lipinski definition) is 0. The zero-order valence-electron chi connectivity index (χ0n) is 8.80. The molecule has 0 bridgehead atoms. The Morgan fingerprint density at radius 3 is 2.85 bits per heavy atom. The van der Waals surface area contributed by atoms with Gasteiger partial charge in [-0.25, -0.2) is 0 Å². The summed E-state index contributed by atoms with van der Waals surface area (Å²) >= 11 is 0. The molecule has 0 N–H and O–H groups in total. The van der Waals surface area contributed by atoms with Crippen molar-refractivity contribution >= 4 is 5.78 Å². The summed E-state index contributed by atoms with van der Waals surface area (Å²) in [6, 6.07) is 0. The topological polar surface area (TPSA) is 29.5 Å². The lowest BCUT2D eigenvalue weighted by atomic mass is 9.89. The summed E-state index contributed by atoms with van der Waals surface area (Å²) in [6.07, 6.45) is 1.72. The molecular formula is C10H19NO2. The smallest absolute Gasteiger partial charge is 0.152 e. The summed E-state index contributed by atoms with van der Waals surface area (Å²) in [5.41, 5.74) is -0.281. The molecule has 0 aromatic carbocycles. The number of hydrogen-bond acceptors (Lipinski definition) is 3. The molecule has 0 radical (unpaired) electrons. The normalized spacial score (nSPS) is 23.5. The largest absolute Gasteiger partial charge is 0.383 e. The van der Waals surface area contributed by atoms with Crippen LogP contribution in [0.25, 0.3) is 0 Å². The SMILES string of the molecule is COCCN1CCCC(=O)C1(C)C. The molecule has 0 spiro atoms. The van der Waals surface area contributed by atoms with E-state index in [-0.39, 0.29) is 5.54 Å². The van der Waals surface area contributed by atoms with Gasteiger partial charge in [-0.1, -0.05) is 0 Å². The molecule has 3 nitrogen and oxygen atoms in total. The van der Waals surface area contributed by atoms with Crippen LogP contribution in [0.1, 0.15) is 26.7 Å². The molecule has 0 aromatic heterocycles. The maximum absolute atomic E-state index is 11.6. The van der Waals surface area contributed by atoms with E-state index >= 15 is 0 Å². The maximum atomic E-state index is 11.6. The fraction of sp³-hybridized carbons (Fsp3) is 0.900. The Bertz CT molecular complexity index is 189. The lowest BCUT2D eigenvalue weighted by Gasteiger charge is -2.40. The van der Waals surface area contributed by atoms with Crippen molar-refractivity contribution in [2.45, 2.75) is 32.2 Å². The Morgan fingerprint density at radius 1 is 1.54 bits per heavy atom. The molecule has 1 heterocycles. The van der Waals surface area contributed by atoms with E-state index in [1.165, 1.54) is 0 Å². The van der Waals surface area contributed by atoms with Gasteiger partial charge in [0.1, 0.15) is 0 Å². The van der Waals surface area contributed by atoms with Crippen LogP contribution in [0, 0.1) is 0 Å². The second kappa shape index (κ2) is 4.20. The molecule has 1 rings (SSSR count). The van der Waals surface area contributed by atoms with Crippen molar-refractivity contribution in [3.63, 3.8) is 0 Å². The van der Waals surface area contributed by atoms with Gasteiger partial charge in [0.15, 0.2) is 5.78 Å². The minimum Gasteiger partial charge on any atom is -0.383 e. The summed E-state index contributed by atoms with van der Waals surface area (Å²) in [4.78, 5) is 13.8. The molecule has 0 aromatic rings. The van der Waals surface area contributed by atoms with Crippen molar-refractivity contribution in [2.24, 2.45) is 0 Å². The van der Waals surface area contributed by atoms with E-state index in [9.17, 15) is 4.79 Å². The van der Waals surface area contributed by atoms with Gasteiger partial charge in [-0.15, -0.1) is 0 Å². The van der Waals surface area contributed by atoms with Gasteiger partial charge in [-0.3, -0.25) is 9.69 Å². The third-order valence-corrected chi connectivity index (χ3v) is 2.87. The Labute approximate surface area is 80.1 Å². The number of methoxy groups -OCH3 is 1. The first-order valence-electron chi connectivity index (χ1n) is 4.86. The van der Waals surface area contributed by atoms with Gasteiger partial charge in [-0.2, -0.15) is 0 Å². The molecule has 3 heteroatoms. The molecule has 0 amide bonds. The quantitative estimate of drug-likeness (QED) is 0.659. The molecule has 0 atom stereocenters. The number of likely N-dealkylation sites (tertiary alicyclic amines) is 1. The first kappa shape index (κ1) is 10.7. The predicted octanol–water partition coefficient (Wildman–Crippen LogP) is 1.08. The first-order chi connectivity index (χ1) is 6.09. The van der Waals surface area contributed by atoms with E-state index in [0.717, 1.165) is 25.9 Å². The van der Waals surface area contributed by atoms with E-state index < -0.39 is 0 Å². The van der Waals surface area contributed by atoms with Gasteiger partial charge in [0.05, 0.1) is 12.1 Å². The van der Waals surface area contributed by atoms with E-state index in [1.54, 1.807) is 7.11 Å². The van der Waals surface area contributed by atoms with Crippen molar-refractivity contribution in [2.75, 3.05) is 26.8 Å². The summed E-state index contributed by atoms with van der Waals surface area (Å²) in [5.74, 6) is 0.356. The Morgan fingerprint density at radius 2 is 2.23 bits per heavy atom. The van der Waals surface area contributed by atoms with Crippen LogP contribution in [0.15, 0.2) is 0 Å². The predicted molar refractivity (Wildman–Crippen MR) is 51.8 cm³/mol. The second-order valence-corrected chi connectivity index (χ2v) is 4.07. The highest BCUT2D eigenvalue weighted by Gasteiger charge is 2.36. The summed E-state index contributed by atoms with van der Waals surface area (Å²) in [7, 11) is 1.69. The summed E-state index contributed by atoms with van der Waals surface area (Å²) < 4.78 is 5.02. The molecule has 0 unspecified atom stereocenters. The average molecular weight is 185 g/mol. The van der Waals surface area contributed by atoms with Crippen molar-refractivity contribution in [3.05, 3.63) is 0 Å². The fourth-order valence-electron chi connectivity index (χ4n) is 1.79. The van der Waals surface area contributed by atoms with Crippen LogP contribution < -0.4 is 0 Å². The van der Waals surface area contributed by atoms with Crippen molar-refractivity contribution < 1.29 is 9.53 Å². The molecule has 1 aliphatic heterocycles. The summed E-state index contributed by atoms with van der Waals surface area (Å²) in [6.45, 7) is 6.59. The summed E-state index contributed by atoms with van der Waals surface area (Å²) in [5, 5.41) is 0. The van der Waals surface area contributed by atoms with Gasteiger partial charge in [0.25, 0.3) is 0 Å². The minimum atomic E-state index is -0.281. The van der Waals surface area contributed by atoms with E-state index in [1.807, 2.05) is 13.8 Å². The van der Waals surface area contributed by atoms with Crippen LogP contribution in [-0.2, 0) is 9.53 Å². The lowest BCUT2D eigenvalue weighted by Crippen LogP contribution is -2.54. The Kier molecular flexibility index (Phi) is 3.45.